The van der Waals surface area contributed by atoms with E-state index in [4.69, 9.17) is 11.6 Å². The Morgan fingerprint density at radius 2 is 2.17 bits per heavy atom. The van der Waals surface area contributed by atoms with Gasteiger partial charge in [-0.1, -0.05) is 12.1 Å². The highest BCUT2D eigenvalue weighted by molar-refractivity contribution is 6.17. The number of rotatable bonds is 7. The number of alkyl halides is 1. The Morgan fingerprint density at radius 3 is 2.78 bits per heavy atom. The Balaban J connectivity index is 2.53. The van der Waals surface area contributed by atoms with Crippen molar-refractivity contribution in [3.63, 3.8) is 0 Å². The predicted molar refractivity (Wildman–Crippen MR) is 72.1 cm³/mol. The molecule has 2 nitrogen and oxygen atoms in total. The van der Waals surface area contributed by atoms with Crippen LogP contribution in [0.15, 0.2) is 24.3 Å². The summed E-state index contributed by atoms with van der Waals surface area (Å²) in [5, 5.41) is 0. The van der Waals surface area contributed by atoms with Crippen molar-refractivity contribution >= 4 is 17.5 Å². The van der Waals surface area contributed by atoms with E-state index in [2.05, 4.69) is 0 Å². The van der Waals surface area contributed by atoms with Gasteiger partial charge in [-0.3, -0.25) is 4.79 Å². The van der Waals surface area contributed by atoms with Crippen molar-refractivity contribution in [2.75, 3.05) is 12.4 Å². The number of nitrogens with zero attached hydrogens (tertiary/aromatic N) is 1. The van der Waals surface area contributed by atoms with Crippen LogP contribution in [0.4, 0.5) is 4.39 Å². The molecule has 0 saturated carbocycles. The summed E-state index contributed by atoms with van der Waals surface area (Å²) in [6.45, 7) is 3.03. The maximum absolute atomic E-state index is 13.1. The molecule has 0 N–H and O–H groups in total. The van der Waals surface area contributed by atoms with E-state index in [1.165, 1.54) is 12.1 Å². The molecule has 1 aromatic rings. The first-order chi connectivity index (χ1) is 8.67. The van der Waals surface area contributed by atoms with Gasteiger partial charge in [-0.25, -0.2) is 4.39 Å². The molecule has 100 valence electrons. The number of hydrogen-bond donors (Lipinski definition) is 0. The van der Waals surface area contributed by atoms with Gasteiger partial charge in [0.15, 0.2) is 0 Å². The van der Waals surface area contributed by atoms with Crippen LogP contribution in [0.1, 0.15) is 31.7 Å². The number of amides is 1. The van der Waals surface area contributed by atoms with Gasteiger partial charge in [0.25, 0.3) is 0 Å². The van der Waals surface area contributed by atoms with Gasteiger partial charge < -0.3 is 4.90 Å². The minimum atomic E-state index is -0.266. The third kappa shape index (κ3) is 5.05. The standard InChI is InChI=1S/C14H19ClFNO/c1-2-17(14(18)8-3-4-9-15)11-12-6-5-7-13(16)10-12/h5-7,10H,2-4,8-9,11H2,1H3. The van der Waals surface area contributed by atoms with Crippen LogP contribution in [0.2, 0.25) is 0 Å². The van der Waals surface area contributed by atoms with Gasteiger partial charge in [-0.15, -0.1) is 11.6 Å². The number of halogens is 2. The van der Waals surface area contributed by atoms with Crippen molar-refractivity contribution in [2.45, 2.75) is 32.7 Å². The molecule has 18 heavy (non-hydrogen) atoms. The second-order valence-corrected chi connectivity index (χ2v) is 4.56. The average Bonchev–Trinajstić information content (AvgIpc) is 2.36. The molecule has 1 rings (SSSR count). The van der Waals surface area contributed by atoms with Crippen LogP contribution < -0.4 is 0 Å². The highest BCUT2D eigenvalue weighted by Crippen LogP contribution is 2.09. The normalized spacial score (nSPS) is 10.4. The molecule has 0 radical (unpaired) electrons. The van der Waals surface area contributed by atoms with Crippen molar-refractivity contribution < 1.29 is 9.18 Å². The van der Waals surface area contributed by atoms with Gasteiger partial charge >= 0.3 is 0 Å². The maximum Gasteiger partial charge on any atom is 0.222 e. The van der Waals surface area contributed by atoms with Gasteiger partial charge in [0.05, 0.1) is 0 Å². The molecule has 0 aliphatic rings. The number of unbranched alkanes of at least 4 members (excludes halogenated alkanes) is 1. The monoisotopic (exact) mass is 271 g/mol. The summed E-state index contributed by atoms with van der Waals surface area (Å²) < 4.78 is 13.1. The van der Waals surface area contributed by atoms with Gasteiger partial charge in [-0.05, 0) is 37.5 Å². The quantitative estimate of drug-likeness (QED) is 0.548. The first-order valence-electron chi connectivity index (χ1n) is 6.25. The fraction of sp³-hybridized carbons (Fsp3) is 0.500. The van der Waals surface area contributed by atoms with Gasteiger partial charge in [0, 0.05) is 25.4 Å². The van der Waals surface area contributed by atoms with Crippen LogP contribution in [0.5, 0.6) is 0 Å². The van der Waals surface area contributed by atoms with E-state index in [9.17, 15) is 9.18 Å². The lowest BCUT2D eigenvalue weighted by Gasteiger charge is -2.21. The molecule has 0 aliphatic heterocycles. The number of carbonyl (C=O) groups is 1. The van der Waals surface area contributed by atoms with Crippen LogP contribution >= 0.6 is 11.6 Å². The van der Waals surface area contributed by atoms with Crippen LogP contribution in [-0.2, 0) is 11.3 Å². The van der Waals surface area contributed by atoms with Crippen LogP contribution in [0.25, 0.3) is 0 Å². The van der Waals surface area contributed by atoms with Gasteiger partial charge in [0.2, 0.25) is 5.91 Å². The van der Waals surface area contributed by atoms with E-state index in [0.29, 0.717) is 25.4 Å². The zero-order valence-electron chi connectivity index (χ0n) is 10.7. The summed E-state index contributed by atoms with van der Waals surface area (Å²) in [5.41, 5.74) is 0.822. The van der Waals surface area contributed by atoms with Crippen LogP contribution in [-0.4, -0.2) is 23.2 Å². The molecule has 0 aromatic heterocycles. The summed E-state index contributed by atoms with van der Waals surface area (Å²) in [5.74, 6) is 0.425. The Bertz CT molecular complexity index is 384. The van der Waals surface area contributed by atoms with E-state index >= 15 is 0 Å². The molecule has 0 heterocycles. The fourth-order valence-electron chi connectivity index (χ4n) is 1.76. The highest BCUT2D eigenvalue weighted by atomic mass is 35.5. The maximum atomic E-state index is 13.1. The first-order valence-corrected chi connectivity index (χ1v) is 6.79. The fourth-order valence-corrected chi connectivity index (χ4v) is 1.95. The predicted octanol–water partition coefficient (Wildman–Crippen LogP) is 3.58. The second-order valence-electron chi connectivity index (χ2n) is 4.18. The molecule has 1 aromatic carbocycles. The number of hydrogen-bond acceptors (Lipinski definition) is 1. The van der Waals surface area contributed by atoms with Crippen molar-refractivity contribution in [3.8, 4) is 0 Å². The summed E-state index contributed by atoms with van der Waals surface area (Å²) >= 11 is 5.58. The third-order valence-corrected chi connectivity index (χ3v) is 3.04. The van der Waals surface area contributed by atoms with Crippen molar-refractivity contribution in [1.82, 2.24) is 4.90 Å². The van der Waals surface area contributed by atoms with Gasteiger partial charge in [-0.2, -0.15) is 0 Å². The SMILES string of the molecule is CCN(Cc1cccc(F)c1)C(=O)CCCCCl. The van der Waals surface area contributed by atoms with Crippen LogP contribution in [0, 0.1) is 5.82 Å². The van der Waals surface area contributed by atoms with E-state index in [1.54, 1.807) is 11.0 Å². The van der Waals surface area contributed by atoms with E-state index in [0.717, 1.165) is 18.4 Å². The topological polar surface area (TPSA) is 20.3 Å². The molecule has 0 saturated heterocycles. The average molecular weight is 272 g/mol. The first kappa shape index (κ1) is 15.0. The lowest BCUT2D eigenvalue weighted by Crippen LogP contribution is -2.30. The Hall–Kier alpha value is -1.09. The highest BCUT2D eigenvalue weighted by Gasteiger charge is 2.11. The number of benzene rings is 1. The Kier molecular flexibility index (Phi) is 6.73. The van der Waals surface area contributed by atoms with Crippen LogP contribution in [0.3, 0.4) is 0 Å². The van der Waals surface area contributed by atoms with Crippen molar-refractivity contribution in [1.29, 1.82) is 0 Å². The zero-order valence-corrected chi connectivity index (χ0v) is 11.4. The molecular formula is C14H19ClFNO. The zero-order chi connectivity index (χ0) is 13.4. The molecule has 1 amide bonds. The molecule has 4 heteroatoms. The molecule has 0 fully saturated rings. The largest absolute Gasteiger partial charge is 0.339 e. The van der Waals surface area contributed by atoms with E-state index < -0.39 is 0 Å². The number of carbonyl (C=O) groups excluding carboxylic acids is 1. The molecular weight excluding hydrogens is 253 g/mol. The smallest absolute Gasteiger partial charge is 0.222 e. The lowest BCUT2D eigenvalue weighted by atomic mass is 10.2. The minimum absolute atomic E-state index is 0.104. The Morgan fingerprint density at radius 1 is 1.39 bits per heavy atom. The molecule has 0 unspecified atom stereocenters. The minimum Gasteiger partial charge on any atom is -0.339 e. The third-order valence-electron chi connectivity index (χ3n) is 2.77. The molecule has 0 atom stereocenters. The van der Waals surface area contributed by atoms with E-state index in [1.807, 2.05) is 13.0 Å². The van der Waals surface area contributed by atoms with Crippen molar-refractivity contribution in [2.24, 2.45) is 0 Å². The lowest BCUT2D eigenvalue weighted by molar-refractivity contribution is -0.131. The summed E-state index contributed by atoms with van der Waals surface area (Å²) in [6, 6.07) is 6.37. The summed E-state index contributed by atoms with van der Waals surface area (Å²) in [6.07, 6.45) is 2.17. The summed E-state index contributed by atoms with van der Waals surface area (Å²) in [4.78, 5) is 13.7. The van der Waals surface area contributed by atoms with E-state index in [-0.39, 0.29) is 11.7 Å². The summed E-state index contributed by atoms with van der Waals surface area (Å²) in [7, 11) is 0. The molecule has 0 aliphatic carbocycles. The van der Waals surface area contributed by atoms with Gasteiger partial charge in [0.1, 0.15) is 5.82 Å². The molecule has 0 bridgehead atoms. The Labute approximate surface area is 113 Å². The second kappa shape index (κ2) is 8.09. The molecule has 0 spiro atoms. The van der Waals surface area contributed by atoms with Crippen molar-refractivity contribution in [3.05, 3.63) is 35.6 Å².